The summed E-state index contributed by atoms with van der Waals surface area (Å²) in [5.74, 6) is 1.56. The van der Waals surface area contributed by atoms with Gasteiger partial charge >= 0.3 is 0 Å². The van der Waals surface area contributed by atoms with Crippen LogP contribution in [0.4, 0.5) is 0 Å². The molecule has 0 N–H and O–H groups in total. The Morgan fingerprint density at radius 2 is 2.15 bits per heavy atom. The molecule has 1 saturated carbocycles. The van der Waals surface area contributed by atoms with Gasteiger partial charge in [0.15, 0.2) is 0 Å². The number of rotatable bonds is 5. The Morgan fingerprint density at radius 3 is 2.90 bits per heavy atom. The van der Waals surface area contributed by atoms with E-state index in [0.29, 0.717) is 18.4 Å². The molecular formula is C15H24N4O. The van der Waals surface area contributed by atoms with Gasteiger partial charge in [-0.25, -0.2) is 9.67 Å². The monoisotopic (exact) mass is 276 g/mol. The van der Waals surface area contributed by atoms with Crippen molar-refractivity contribution in [3.8, 4) is 0 Å². The zero-order chi connectivity index (χ0) is 13.9. The predicted molar refractivity (Wildman–Crippen MR) is 76.3 cm³/mol. The second-order valence-electron chi connectivity index (χ2n) is 6.08. The molecule has 2 aliphatic rings. The molecule has 0 aromatic carbocycles. The average Bonchev–Trinajstić information content (AvgIpc) is 3.15. The van der Waals surface area contributed by atoms with Crippen LogP contribution in [0.5, 0.6) is 0 Å². The van der Waals surface area contributed by atoms with Crippen molar-refractivity contribution in [2.24, 2.45) is 0 Å². The van der Waals surface area contributed by atoms with E-state index in [1.165, 1.54) is 25.7 Å². The summed E-state index contributed by atoms with van der Waals surface area (Å²) in [6.45, 7) is 3.94. The van der Waals surface area contributed by atoms with Gasteiger partial charge in [0.2, 0.25) is 5.91 Å². The van der Waals surface area contributed by atoms with Gasteiger partial charge in [0.05, 0.1) is 0 Å². The smallest absolute Gasteiger partial charge is 0.223 e. The molecule has 1 aliphatic carbocycles. The van der Waals surface area contributed by atoms with Crippen LogP contribution >= 0.6 is 0 Å². The van der Waals surface area contributed by atoms with Crippen molar-refractivity contribution >= 4 is 5.91 Å². The van der Waals surface area contributed by atoms with E-state index in [9.17, 15) is 4.79 Å². The lowest BCUT2D eigenvalue weighted by molar-refractivity contribution is -0.129. The number of aryl methyl sites for hydroxylation is 1. The van der Waals surface area contributed by atoms with Gasteiger partial charge in [-0.3, -0.25) is 4.79 Å². The van der Waals surface area contributed by atoms with Crippen LogP contribution in [0.15, 0.2) is 6.33 Å². The number of nitrogens with zero attached hydrogens (tertiary/aromatic N) is 4. The number of carbonyl (C=O) groups is 1. The highest BCUT2D eigenvalue weighted by Gasteiger charge is 2.37. The van der Waals surface area contributed by atoms with E-state index >= 15 is 0 Å². The summed E-state index contributed by atoms with van der Waals surface area (Å²) in [7, 11) is 0. The van der Waals surface area contributed by atoms with Crippen molar-refractivity contribution in [3.63, 3.8) is 0 Å². The Morgan fingerprint density at radius 1 is 1.35 bits per heavy atom. The largest absolute Gasteiger partial charge is 0.339 e. The Labute approximate surface area is 120 Å². The normalized spacial score (nSPS) is 23.9. The number of hydrogen-bond acceptors (Lipinski definition) is 3. The molecule has 1 saturated heterocycles. The molecule has 1 aromatic rings. The Balaban J connectivity index is 1.69. The van der Waals surface area contributed by atoms with E-state index in [1.807, 2.05) is 4.68 Å². The van der Waals surface area contributed by atoms with Gasteiger partial charge in [-0.1, -0.05) is 26.2 Å². The van der Waals surface area contributed by atoms with Crippen molar-refractivity contribution in [2.75, 3.05) is 6.54 Å². The van der Waals surface area contributed by atoms with Crippen LogP contribution in [-0.2, 0) is 11.3 Å². The number of hydrogen-bond donors (Lipinski definition) is 0. The van der Waals surface area contributed by atoms with Gasteiger partial charge in [0.25, 0.3) is 0 Å². The van der Waals surface area contributed by atoms with Crippen molar-refractivity contribution < 1.29 is 4.79 Å². The first-order chi connectivity index (χ1) is 9.79. The van der Waals surface area contributed by atoms with Crippen LogP contribution < -0.4 is 0 Å². The molecule has 1 aromatic heterocycles. The second kappa shape index (κ2) is 5.94. The maximum absolute atomic E-state index is 12.3. The van der Waals surface area contributed by atoms with Crippen LogP contribution in [0.2, 0.25) is 0 Å². The fourth-order valence-electron chi connectivity index (χ4n) is 3.54. The minimum atomic E-state index is 0.238. The molecule has 0 radical (unpaired) electrons. The van der Waals surface area contributed by atoms with E-state index in [-0.39, 0.29) is 5.92 Å². The minimum absolute atomic E-state index is 0.238. The van der Waals surface area contributed by atoms with Gasteiger partial charge in [-0.2, -0.15) is 5.10 Å². The number of likely N-dealkylation sites (tertiary alicyclic amines) is 1. The summed E-state index contributed by atoms with van der Waals surface area (Å²) in [4.78, 5) is 18.8. The zero-order valence-corrected chi connectivity index (χ0v) is 12.3. The van der Waals surface area contributed by atoms with Gasteiger partial charge in [0, 0.05) is 31.5 Å². The summed E-state index contributed by atoms with van der Waals surface area (Å²) in [5, 5.41) is 4.32. The average molecular weight is 276 g/mol. The molecular weight excluding hydrogens is 252 g/mol. The van der Waals surface area contributed by atoms with E-state index < -0.39 is 0 Å². The standard InChI is InChI=1S/C15H24N4O/c1-2-3-8-19-15(16-11-17-19)12-9-14(20)18(10-12)13-6-4-5-7-13/h11-13H,2-10H2,1H3. The first-order valence-electron chi connectivity index (χ1n) is 7.96. The van der Waals surface area contributed by atoms with E-state index in [4.69, 9.17) is 0 Å². The molecule has 110 valence electrons. The molecule has 3 rings (SSSR count). The van der Waals surface area contributed by atoms with Crippen molar-refractivity contribution in [1.29, 1.82) is 0 Å². The fourth-order valence-corrected chi connectivity index (χ4v) is 3.54. The first kappa shape index (κ1) is 13.6. The third kappa shape index (κ3) is 2.58. The fraction of sp³-hybridized carbons (Fsp3) is 0.800. The van der Waals surface area contributed by atoms with E-state index in [0.717, 1.165) is 31.8 Å². The van der Waals surface area contributed by atoms with Gasteiger partial charge in [-0.05, 0) is 19.3 Å². The topological polar surface area (TPSA) is 51.0 Å². The SMILES string of the molecule is CCCCn1ncnc1C1CC(=O)N(C2CCCC2)C1. The maximum atomic E-state index is 12.3. The molecule has 0 spiro atoms. The van der Waals surface area contributed by atoms with Crippen LogP contribution in [0.3, 0.4) is 0 Å². The summed E-state index contributed by atoms with van der Waals surface area (Å²) in [5.41, 5.74) is 0. The third-order valence-corrected chi connectivity index (χ3v) is 4.66. The quantitative estimate of drug-likeness (QED) is 0.829. The Bertz CT molecular complexity index is 464. The number of amides is 1. The highest BCUT2D eigenvalue weighted by atomic mass is 16.2. The molecule has 1 amide bonds. The van der Waals surface area contributed by atoms with Crippen LogP contribution in [0.1, 0.15) is 63.6 Å². The van der Waals surface area contributed by atoms with Crippen molar-refractivity contribution in [2.45, 2.75) is 70.4 Å². The lowest BCUT2D eigenvalue weighted by Crippen LogP contribution is -2.34. The molecule has 1 unspecified atom stereocenters. The van der Waals surface area contributed by atoms with Gasteiger partial charge < -0.3 is 4.90 Å². The van der Waals surface area contributed by atoms with Crippen molar-refractivity contribution in [3.05, 3.63) is 12.2 Å². The summed E-state index contributed by atoms with van der Waals surface area (Å²) in [6.07, 6.45) is 9.41. The Kier molecular flexibility index (Phi) is 4.03. The van der Waals surface area contributed by atoms with Crippen LogP contribution in [0, 0.1) is 0 Å². The number of aromatic nitrogens is 3. The summed E-state index contributed by atoms with van der Waals surface area (Å²) in [6, 6.07) is 0.486. The highest BCUT2D eigenvalue weighted by molar-refractivity contribution is 5.80. The Hall–Kier alpha value is -1.39. The predicted octanol–water partition coefficient (Wildman–Crippen LogP) is 2.34. The molecule has 0 bridgehead atoms. The first-order valence-corrected chi connectivity index (χ1v) is 7.96. The van der Waals surface area contributed by atoms with E-state index in [1.54, 1.807) is 6.33 Å². The molecule has 5 nitrogen and oxygen atoms in total. The summed E-state index contributed by atoms with van der Waals surface area (Å²) >= 11 is 0. The maximum Gasteiger partial charge on any atom is 0.223 e. The van der Waals surface area contributed by atoms with Crippen molar-refractivity contribution in [1.82, 2.24) is 19.7 Å². The summed E-state index contributed by atoms with van der Waals surface area (Å²) < 4.78 is 2.00. The molecule has 2 heterocycles. The molecule has 1 atom stereocenters. The lowest BCUT2D eigenvalue weighted by Gasteiger charge is -2.24. The number of carbonyl (C=O) groups excluding carboxylic acids is 1. The second-order valence-corrected chi connectivity index (χ2v) is 6.08. The van der Waals surface area contributed by atoms with E-state index in [2.05, 4.69) is 21.9 Å². The molecule has 20 heavy (non-hydrogen) atoms. The third-order valence-electron chi connectivity index (χ3n) is 4.66. The molecule has 1 aliphatic heterocycles. The van der Waals surface area contributed by atoms with Crippen LogP contribution in [-0.4, -0.2) is 38.2 Å². The number of unbranched alkanes of at least 4 members (excludes halogenated alkanes) is 1. The molecule has 5 heteroatoms. The van der Waals surface area contributed by atoms with Gasteiger partial charge in [-0.15, -0.1) is 0 Å². The van der Waals surface area contributed by atoms with Crippen LogP contribution in [0.25, 0.3) is 0 Å². The zero-order valence-electron chi connectivity index (χ0n) is 12.3. The highest BCUT2D eigenvalue weighted by Crippen LogP contribution is 2.33. The lowest BCUT2D eigenvalue weighted by atomic mass is 10.1. The van der Waals surface area contributed by atoms with Gasteiger partial charge in [0.1, 0.15) is 12.2 Å². The molecule has 2 fully saturated rings. The minimum Gasteiger partial charge on any atom is -0.339 e.